The van der Waals surface area contributed by atoms with E-state index in [1.165, 1.54) is 11.8 Å². The molecule has 1 N–H and O–H groups in total. The zero-order valence-corrected chi connectivity index (χ0v) is 16.4. The summed E-state index contributed by atoms with van der Waals surface area (Å²) in [7, 11) is 0. The number of nitrogens with zero attached hydrogens (tertiary/aromatic N) is 1. The van der Waals surface area contributed by atoms with Crippen LogP contribution in [0.25, 0.3) is 0 Å². The number of carboxylic acid groups (broad SMARTS) is 1. The molecule has 2 aliphatic rings. The normalized spacial score (nSPS) is 22.2. The van der Waals surface area contributed by atoms with E-state index in [2.05, 4.69) is 5.32 Å². The number of thioether (sulfide) groups is 1. The number of benzene rings is 1. The fraction of sp³-hybridized carbons (Fsp3) is 0.267. The van der Waals surface area contributed by atoms with Crippen molar-refractivity contribution in [2.75, 3.05) is 5.75 Å². The van der Waals surface area contributed by atoms with Crippen LogP contribution in [-0.2, 0) is 20.8 Å². The first-order valence-corrected chi connectivity index (χ1v) is 8.29. The number of fused-ring (bicyclic) bond motifs is 1. The van der Waals surface area contributed by atoms with Crippen molar-refractivity contribution in [2.24, 2.45) is 0 Å². The van der Waals surface area contributed by atoms with Gasteiger partial charge in [0.2, 0.25) is 5.91 Å². The first-order chi connectivity index (χ1) is 11.0. The first-order valence-electron chi connectivity index (χ1n) is 6.87. The second-order valence-corrected chi connectivity index (χ2v) is 6.72. The minimum absolute atomic E-state index is 0. The van der Waals surface area contributed by atoms with Crippen LogP contribution in [0.2, 0.25) is 0 Å². The van der Waals surface area contributed by atoms with E-state index in [-0.39, 0.29) is 58.4 Å². The summed E-state index contributed by atoms with van der Waals surface area (Å²) in [5.74, 6) is -1.99. The molecule has 1 aromatic carbocycles. The van der Waals surface area contributed by atoms with E-state index in [0.717, 1.165) is 10.5 Å². The van der Waals surface area contributed by atoms with Crippen LogP contribution in [0.3, 0.4) is 0 Å². The van der Waals surface area contributed by atoms with Gasteiger partial charge in [-0.25, -0.2) is 0 Å². The molecule has 2 amide bonds. The fourth-order valence-electron chi connectivity index (χ4n) is 2.58. The minimum atomic E-state index is -1.48. The standard InChI is InChI=1S/C15H13ClN2O4S.Na/c16-9-7-23-14-11(13(20)18(14)12(9)15(21)22)17-10(19)6-8-4-2-1-3-5-8;/h1-5,11,14H,6-7H2,(H,17,19)(H,21,22);/q;+1/p-1. The van der Waals surface area contributed by atoms with Crippen molar-refractivity contribution in [3.8, 4) is 0 Å². The fourth-order valence-corrected chi connectivity index (χ4v) is 4.12. The molecule has 1 fully saturated rings. The molecule has 0 saturated carbocycles. The van der Waals surface area contributed by atoms with Gasteiger partial charge in [-0.3, -0.25) is 14.5 Å². The number of hydrogen-bond acceptors (Lipinski definition) is 5. The third-order valence-electron chi connectivity index (χ3n) is 3.64. The van der Waals surface area contributed by atoms with Crippen molar-refractivity contribution in [1.29, 1.82) is 0 Å². The summed E-state index contributed by atoms with van der Waals surface area (Å²) in [6.45, 7) is 0. The van der Waals surface area contributed by atoms with Gasteiger partial charge < -0.3 is 15.2 Å². The molecule has 2 unspecified atom stereocenters. The molecule has 0 bridgehead atoms. The Bertz CT molecular complexity index is 713. The van der Waals surface area contributed by atoms with Gasteiger partial charge in [0, 0.05) is 5.75 Å². The Morgan fingerprint density at radius 2 is 2.00 bits per heavy atom. The van der Waals surface area contributed by atoms with Crippen LogP contribution < -0.4 is 40.0 Å². The molecule has 3 rings (SSSR count). The van der Waals surface area contributed by atoms with Gasteiger partial charge in [0.05, 0.1) is 23.1 Å². The number of hydrogen-bond donors (Lipinski definition) is 1. The van der Waals surface area contributed by atoms with Gasteiger partial charge in [-0.15, -0.1) is 11.8 Å². The topological polar surface area (TPSA) is 89.5 Å². The maximum atomic E-state index is 12.2. The van der Waals surface area contributed by atoms with E-state index >= 15 is 0 Å². The Balaban J connectivity index is 0.00000208. The molecular weight excluding hydrogens is 363 g/mol. The molecule has 120 valence electrons. The summed E-state index contributed by atoms with van der Waals surface area (Å²) in [6, 6.07) is 8.41. The summed E-state index contributed by atoms with van der Waals surface area (Å²) >= 11 is 7.17. The number of rotatable bonds is 4. The number of amides is 2. The average Bonchev–Trinajstić information content (AvgIpc) is 2.53. The Morgan fingerprint density at radius 3 is 2.62 bits per heavy atom. The van der Waals surface area contributed by atoms with Gasteiger partial charge in [-0.2, -0.15) is 0 Å². The molecule has 0 spiro atoms. The number of carbonyl (C=O) groups excluding carboxylic acids is 3. The molecule has 2 aliphatic heterocycles. The van der Waals surface area contributed by atoms with Crippen LogP contribution in [0.15, 0.2) is 41.1 Å². The molecule has 1 aromatic rings. The number of aliphatic carboxylic acids is 1. The second kappa shape index (κ2) is 7.93. The molecule has 6 nitrogen and oxygen atoms in total. The molecule has 2 atom stereocenters. The van der Waals surface area contributed by atoms with Gasteiger partial charge >= 0.3 is 29.6 Å². The second-order valence-electron chi connectivity index (χ2n) is 5.16. The van der Waals surface area contributed by atoms with Crippen LogP contribution >= 0.6 is 23.4 Å². The number of carbonyl (C=O) groups is 3. The van der Waals surface area contributed by atoms with Crippen molar-refractivity contribution in [3.63, 3.8) is 0 Å². The summed E-state index contributed by atoms with van der Waals surface area (Å²) in [5, 5.41) is 13.4. The van der Waals surface area contributed by atoms with Crippen molar-refractivity contribution in [3.05, 3.63) is 46.6 Å². The minimum Gasteiger partial charge on any atom is -0.543 e. The molecule has 9 heteroatoms. The maximum Gasteiger partial charge on any atom is 1.00 e. The number of nitrogens with one attached hydrogen (secondary N) is 1. The number of β-lactam (4-membered cyclic amide) rings is 1. The molecule has 2 heterocycles. The summed E-state index contributed by atoms with van der Waals surface area (Å²) in [6.07, 6.45) is 0.159. The summed E-state index contributed by atoms with van der Waals surface area (Å²) in [4.78, 5) is 36.4. The maximum absolute atomic E-state index is 12.2. The van der Waals surface area contributed by atoms with Gasteiger partial charge in [-0.1, -0.05) is 41.9 Å². The molecular formula is C15H12ClN2NaO4S. The summed E-state index contributed by atoms with van der Waals surface area (Å²) in [5.41, 5.74) is 0.539. The zero-order valence-electron chi connectivity index (χ0n) is 12.8. The van der Waals surface area contributed by atoms with Gasteiger partial charge in [0.25, 0.3) is 5.91 Å². The smallest absolute Gasteiger partial charge is 0.543 e. The van der Waals surface area contributed by atoms with E-state index in [1.807, 2.05) is 30.3 Å². The Hall–Kier alpha value is -0.990. The predicted molar refractivity (Wildman–Crippen MR) is 83.1 cm³/mol. The van der Waals surface area contributed by atoms with Crippen molar-refractivity contribution in [1.82, 2.24) is 10.2 Å². The number of carboxylic acids is 1. The van der Waals surface area contributed by atoms with Crippen LogP contribution in [0.4, 0.5) is 0 Å². The van der Waals surface area contributed by atoms with Crippen LogP contribution in [-0.4, -0.2) is 39.9 Å². The van der Waals surface area contributed by atoms with E-state index in [0.29, 0.717) is 0 Å². The molecule has 0 aromatic heterocycles. The Kier molecular flexibility index (Phi) is 6.39. The van der Waals surface area contributed by atoms with Gasteiger partial charge in [0.15, 0.2) is 0 Å². The van der Waals surface area contributed by atoms with Crippen molar-refractivity contribution in [2.45, 2.75) is 17.8 Å². The Labute approximate surface area is 169 Å². The quantitative estimate of drug-likeness (QED) is 0.444. The SMILES string of the molecule is O=C(Cc1ccccc1)NC1C(=O)N2C(C(=O)[O-])=C(Cl)CSC12.[Na+]. The molecule has 0 aliphatic carbocycles. The predicted octanol–water partition coefficient (Wildman–Crippen LogP) is -3.17. The van der Waals surface area contributed by atoms with Gasteiger partial charge in [0.1, 0.15) is 11.4 Å². The third kappa shape index (κ3) is 3.65. The summed E-state index contributed by atoms with van der Waals surface area (Å²) < 4.78 is 0. The molecule has 1 saturated heterocycles. The Morgan fingerprint density at radius 1 is 1.33 bits per heavy atom. The van der Waals surface area contributed by atoms with Gasteiger partial charge in [-0.05, 0) is 5.56 Å². The van der Waals surface area contributed by atoms with Crippen LogP contribution in [0.5, 0.6) is 0 Å². The van der Waals surface area contributed by atoms with Crippen LogP contribution in [0, 0.1) is 0 Å². The average molecular weight is 375 g/mol. The molecule has 24 heavy (non-hydrogen) atoms. The monoisotopic (exact) mass is 374 g/mol. The largest absolute Gasteiger partial charge is 1.00 e. The number of halogens is 1. The van der Waals surface area contributed by atoms with Crippen molar-refractivity contribution >= 4 is 41.1 Å². The third-order valence-corrected chi connectivity index (χ3v) is 5.39. The van der Waals surface area contributed by atoms with E-state index < -0.39 is 23.3 Å². The van der Waals surface area contributed by atoms with Crippen LogP contribution in [0.1, 0.15) is 5.56 Å². The van der Waals surface area contributed by atoms with E-state index in [1.54, 1.807) is 0 Å². The van der Waals surface area contributed by atoms with E-state index in [4.69, 9.17) is 11.6 Å². The first kappa shape index (κ1) is 19.3. The van der Waals surface area contributed by atoms with E-state index in [9.17, 15) is 19.5 Å². The van der Waals surface area contributed by atoms with Crippen molar-refractivity contribution < 1.29 is 49.0 Å². The molecule has 0 radical (unpaired) electrons. The zero-order chi connectivity index (χ0) is 16.6.